The number of carbonyl (C=O) groups is 1. The molecule has 4 aromatic rings. The van der Waals surface area contributed by atoms with E-state index in [0.29, 0.717) is 15.8 Å². The van der Waals surface area contributed by atoms with Gasteiger partial charge < -0.3 is 0 Å². The van der Waals surface area contributed by atoms with Crippen molar-refractivity contribution in [1.82, 2.24) is 15.6 Å². The van der Waals surface area contributed by atoms with Crippen molar-refractivity contribution >= 4 is 80.5 Å². The summed E-state index contributed by atoms with van der Waals surface area (Å²) in [7, 11) is 0. The van der Waals surface area contributed by atoms with Gasteiger partial charge in [0, 0.05) is 5.75 Å². The van der Waals surface area contributed by atoms with Crippen LogP contribution in [0.5, 0.6) is 0 Å². The fraction of sp³-hybridized carbons (Fsp3) is 0.130. The number of benzene rings is 3. The lowest BCUT2D eigenvalue weighted by Crippen LogP contribution is -2.21. The van der Waals surface area contributed by atoms with E-state index >= 15 is 0 Å². The van der Waals surface area contributed by atoms with Crippen LogP contribution in [0.1, 0.15) is 18.1 Å². The van der Waals surface area contributed by atoms with E-state index < -0.39 is 0 Å². The van der Waals surface area contributed by atoms with Gasteiger partial charge in [-0.05, 0) is 41.0 Å². The van der Waals surface area contributed by atoms with Crippen LogP contribution >= 0.6 is 58.1 Å². The Morgan fingerprint density at radius 1 is 1.00 bits per heavy atom. The SMILES string of the molecule is CC(=NNC(=O)CSc1nnc(SCc2cccc3ccccc23)s1)c1ccc(Cl)c(Cl)c1. The van der Waals surface area contributed by atoms with Crippen LogP contribution in [0.15, 0.2) is 74.4 Å². The summed E-state index contributed by atoms with van der Waals surface area (Å²) in [6.07, 6.45) is 0. The fourth-order valence-corrected chi connectivity index (χ4v) is 6.08. The molecule has 4 rings (SSSR count). The number of amides is 1. The van der Waals surface area contributed by atoms with Crippen molar-refractivity contribution in [2.45, 2.75) is 21.4 Å². The van der Waals surface area contributed by atoms with Gasteiger partial charge in [-0.3, -0.25) is 4.79 Å². The molecule has 0 aliphatic rings. The smallest absolute Gasteiger partial charge is 0.250 e. The minimum absolute atomic E-state index is 0.195. The standard InChI is InChI=1S/C23H18Cl2N4OS3/c1-14(16-9-10-19(24)20(25)11-16)26-27-21(30)13-32-23-29-28-22(33-23)31-12-17-7-4-6-15-5-2-3-8-18(15)17/h2-11H,12-13H2,1H3,(H,27,30). The summed E-state index contributed by atoms with van der Waals surface area (Å²) in [5.74, 6) is 0.782. The van der Waals surface area contributed by atoms with E-state index in [1.807, 2.05) is 6.07 Å². The van der Waals surface area contributed by atoms with Crippen molar-refractivity contribution in [1.29, 1.82) is 0 Å². The molecular formula is C23H18Cl2N4OS3. The molecule has 0 atom stereocenters. The Hall–Kier alpha value is -2.10. The van der Waals surface area contributed by atoms with Crippen LogP contribution in [0, 0.1) is 0 Å². The third-order valence-corrected chi connectivity index (χ3v) is 8.61. The van der Waals surface area contributed by atoms with Gasteiger partial charge in [0.25, 0.3) is 5.91 Å². The minimum Gasteiger partial charge on any atom is -0.272 e. The van der Waals surface area contributed by atoms with Gasteiger partial charge >= 0.3 is 0 Å². The van der Waals surface area contributed by atoms with E-state index in [2.05, 4.69) is 57.1 Å². The monoisotopic (exact) mass is 532 g/mol. The molecule has 0 fully saturated rings. The van der Waals surface area contributed by atoms with Gasteiger partial charge in [-0.15, -0.1) is 10.2 Å². The number of thioether (sulfide) groups is 2. The molecule has 0 saturated carbocycles. The quantitative estimate of drug-likeness (QED) is 0.151. The molecule has 0 unspecified atom stereocenters. The van der Waals surface area contributed by atoms with Crippen LogP contribution in [0.3, 0.4) is 0 Å². The summed E-state index contributed by atoms with van der Waals surface area (Å²) in [6.45, 7) is 1.79. The van der Waals surface area contributed by atoms with E-state index in [9.17, 15) is 4.79 Å². The zero-order valence-electron chi connectivity index (χ0n) is 17.4. The molecule has 1 aromatic heterocycles. The van der Waals surface area contributed by atoms with Gasteiger partial charge in [-0.2, -0.15) is 5.10 Å². The molecule has 33 heavy (non-hydrogen) atoms. The molecule has 0 spiro atoms. The zero-order valence-corrected chi connectivity index (χ0v) is 21.4. The van der Waals surface area contributed by atoms with Gasteiger partial charge in [0.05, 0.1) is 21.5 Å². The van der Waals surface area contributed by atoms with Crippen molar-refractivity contribution in [2.75, 3.05) is 5.75 Å². The second-order valence-corrected chi connectivity index (χ2v) is 11.1. The Labute approximate surface area is 214 Å². The Morgan fingerprint density at radius 3 is 2.58 bits per heavy atom. The van der Waals surface area contributed by atoms with E-state index in [0.717, 1.165) is 20.0 Å². The normalized spacial score (nSPS) is 11.7. The Kier molecular flexibility index (Phi) is 8.27. The highest BCUT2D eigenvalue weighted by molar-refractivity contribution is 8.03. The number of fused-ring (bicyclic) bond motifs is 1. The Morgan fingerprint density at radius 2 is 1.76 bits per heavy atom. The van der Waals surface area contributed by atoms with Gasteiger partial charge in [0.15, 0.2) is 8.68 Å². The third kappa shape index (κ3) is 6.49. The van der Waals surface area contributed by atoms with Crippen molar-refractivity contribution in [2.24, 2.45) is 5.10 Å². The number of halogens is 2. The molecule has 0 aliphatic carbocycles. The van der Waals surface area contributed by atoms with Crippen LogP contribution in [-0.2, 0) is 10.5 Å². The lowest BCUT2D eigenvalue weighted by atomic mass is 10.1. The van der Waals surface area contributed by atoms with Gasteiger partial charge in [-0.1, -0.05) is 107 Å². The molecule has 3 aromatic carbocycles. The van der Waals surface area contributed by atoms with Crippen LogP contribution in [0.25, 0.3) is 10.8 Å². The summed E-state index contributed by atoms with van der Waals surface area (Å²) in [6, 6.07) is 19.9. The van der Waals surface area contributed by atoms with Gasteiger partial charge in [0.1, 0.15) is 0 Å². The maximum Gasteiger partial charge on any atom is 0.250 e. The number of aromatic nitrogens is 2. The van der Waals surface area contributed by atoms with Gasteiger partial charge in [-0.25, -0.2) is 5.43 Å². The predicted octanol–water partition coefficient (Wildman–Crippen LogP) is 6.92. The highest BCUT2D eigenvalue weighted by atomic mass is 35.5. The first-order chi connectivity index (χ1) is 16.0. The number of hydrogen-bond acceptors (Lipinski definition) is 7. The molecule has 168 valence electrons. The van der Waals surface area contributed by atoms with E-state index in [1.54, 1.807) is 36.9 Å². The largest absolute Gasteiger partial charge is 0.272 e. The van der Waals surface area contributed by atoms with Crippen molar-refractivity contribution in [3.8, 4) is 0 Å². The molecule has 0 radical (unpaired) electrons. The number of hydrazone groups is 1. The van der Waals surface area contributed by atoms with Crippen LogP contribution in [0.2, 0.25) is 10.0 Å². The van der Waals surface area contributed by atoms with Crippen molar-refractivity contribution < 1.29 is 4.79 Å². The lowest BCUT2D eigenvalue weighted by Gasteiger charge is -2.04. The fourth-order valence-electron chi connectivity index (χ4n) is 2.96. The Balaban J connectivity index is 1.28. The summed E-state index contributed by atoms with van der Waals surface area (Å²) >= 11 is 16.4. The second kappa shape index (κ2) is 11.4. The van der Waals surface area contributed by atoms with E-state index in [1.165, 1.54) is 39.4 Å². The average molecular weight is 534 g/mol. The first-order valence-corrected chi connectivity index (χ1v) is 13.4. The molecule has 1 N–H and O–H groups in total. The van der Waals surface area contributed by atoms with Crippen LogP contribution < -0.4 is 5.43 Å². The highest BCUT2D eigenvalue weighted by Gasteiger charge is 2.10. The van der Waals surface area contributed by atoms with Crippen molar-refractivity contribution in [3.05, 3.63) is 81.8 Å². The lowest BCUT2D eigenvalue weighted by molar-refractivity contribution is -0.118. The Bertz CT molecular complexity index is 1320. The molecule has 0 aliphatic heterocycles. The summed E-state index contributed by atoms with van der Waals surface area (Å²) in [4.78, 5) is 12.2. The predicted molar refractivity (Wildman–Crippen MR) is 141 cm³/mol. The number of carbonyl (C=O) groups excluding carboxylic acids is 1. The molecule has 0 bridgehead atoms. The zero-order chi connectivity index (χ0) is 23.2. The number of nitrogens with one attached hydrogen (secondary N) is 1. The second-order valence-electron chi connectivity index (χ2n) is 6.91. The first-order valence-electron chi connectivity index (χ1n) is 9.84. The molecule has 10 heteroatoms. The number of nitrogens with zero attached hydrogens (tertiary/aromatic N) is 3. The van der Waals surface area contributed by atoms with E-state index in [-0.39, 0.29) is 11.7 Å². The molecule has 5 nitrogen and oxygen atoms in total. The summed E-state index contributed by atoms with van der Waals surface area (Å²) in [5.41, 5.74) is 5.24. The molecular weight excluding hydrogens is 515 g/mol. The summed E-state index contributed by atoms with van der Waals surface area (Å²) < 4.78 is 1.62. The average Bonchev–Trinajstić information content (AvgIpc) is 3.29. The van der Waals surface area contributed by atoms with Crippen LogP contribution in [-0.4, -0.2) is 27.6 Å². The first kappa shape index (κ1) is 24.0. The highest BCUT2D eigenvalue weighted by Crippen LogP contribution is 2.32. The topological polar surface area (TPSA) is 67.2 Å². The molecule has 1 heterocycles. The van der Waals surface area contributed by atoms with Crippen molar-refractivity contribution in [3.63, 3.8) is 0 Å². The molecule has 1 amide bonds. The minimum atomic E-state index is -0.223. The third-order valence-electron chi connectivity index (χ3n) is 4.63. The van der Waals surface area contributed by atoms with Gasteiger partial charge in [0.2, 0.25) is 0 Å². The summed E-state index contributed by atoms with van der Waals surface area (Å²) in [5, 5.41) is 16.0. The maximum absolute atomic E-state index is 12.2. The van der Waals surface area contributed by atoms with Crippen LogP contribution in [0.4, 0.5) is 0 Å². The number of hydrogen-bond donors (Lipinski definition) is 1. The van der Waals surface area contributed by atoms with E-state index in [4.69, 9.17) is 23.2 Å². The number of rotatable bonds is 8. The maximum atomic E-state index is 12.2. The molecule has 0 saturated heterocycles.